The summed E-state index contributed by atoms with van der Waals surface area (Å²) in [5.74, 6) is -0.589. The second-order valence-corrected chi connectivity index (χ2v) is 3.65. The molecule has 1 aromatic heterocycles. The van der Waals surface area contributed by atoms with Gasteiger partial charge in [0, 0.05) is 6.07 Å². The lowest BCUT2D eigenvalue weighted by molar-refractivity contribution is 0.0511. The lowest BCUT2D eigenvalue weighted by atomic mass is 10.3. The smallest absolute Gasteiger partial charge is 0.356 e. The first-order chi connectivity index (χ1) is 7.63. The van der Waals surface area contributed by atoms with Crippen LogP contribution in [-0.4, -0.2) is 22.4 Å². The molecule has 0 bridgehead atoms. The van der Waals surface area contributed by atoms with Crippen LogP contribution < -0.4 is 0 Å². The first kappa shape index (κ1) is 11.0. The Bertz CT molecular complexity index is 400. The van der Waals surface area contributed by atoms with Crippen molar-refractivity contribution >= 4 is 5.97 Å². The van der Waals surface area contributed by atoms with E-state index in [9.17, 15) is 13.6 Å². The molecule has 0 aromatic carbocycles. The van der Waals surface area contributed by atoms with Crippen molar-refractivity contribution in [1.29, 1.82) is 0 Å². The molecule has 0 aliphatic heterocycles. The predicted octanol–water partition coefficient (Wildman–Crippen LogP) is 2.33. The molecular weight excluding hydrogens is 218 g/mol. The summed E-state index contributed by atoms with van der Waals surface area (Å²) in [6.45, 7) is 1.89. The van der Waals surface area contributed by atoms with Gasteiger partial charge >= 0.3 is 5.97 Å². The molecule has 0 N–H and O–H groups in total. The summed E-state index contributed by atoms with van der Waals surface area (Å²) in [4.78, 5) is 11.5. The van der Waals surface area contributed by atoms with E-state index in [2.05, 4.69) is 5.10 Å². The zero-order chi connectivity index (χ0) is 11.7. The third-order valence-corrected chi connectivity index (χ3v) is 2.36. The Morgan fingerprint density at radius 1 is 1.69 bits per heavy atom. The maximum Gasteiger partial charge on any atom is 0.356 e. The average molecular weight is 230 g/mol. The summed E-state index contributed by atoms with van der Waals surface area (Å²) >= 11 is 0. The monoisotopic (exact) mass is 230 g/mol. The summed E-state index contributed by atoms with van der Waals surface area (Å²) in [6, 6.07) is 1.19. The van der Waals surface area contributed by atoms with Crippen molar-refractivity contribution in [1.82, 2.24) is 9.78 Å². The third kappa shape index (κ3) is 2.05. The first-order valence-corrected chi connectivity index (χ1v) is 5.18. The van der Waals surface area contributed by atoms with Gasteiger partial charge in [0.05, 0.1) is 12.6 Å². The Morgan fingerprint density at radius 2 is 2.38 bits per heavy atom. The highest BCUT2D eigenvalue weighted by atomic mass is 19.3. The zero-order valence-electron chi connectivity index (χ0n) is 8.82. The number of carbonyl (C=O) groups is 1. The van der Waals surface area contributed by atoms with Gasteiger partial charge in [-0.3, -0.25) is 4.68 Å². The Kier molecular flexibility index (Phi) is 2.89. The van der Waals surface area contributed by atoms with E-state index in [0.29, 0.717) is 0 Å². The van der Waals surface area contributed by atoms with Gasteiger partial charge in [0.1, 0.15) is 11.4 Å². The largest absolute Gasteiger partial charge is 0.461 e. The number of carbonyl (C=O) groups excluding carboxylic acids is 1. The number of rotatable bonds is 4. The van der Waals surface area contributed by atoms with Crippen LogP contribution in [0.3, 0.4) is 0 Å². The summed E-state index contributed by atoms with van der Waals surface area (Å²) in [5, 5.41) is 3.74. The van der Waals surface area contributed by atoms with E-state index in [-0.39, 0.29) is 24.0 Å². The van der Waals surface area contributed by atoms with Crippen molar-refractivity contribution in [2.45, 2.75) is 32.2 Å². The highest BCUT2D eigenvalue weighted by Gasteiger charge is 2.31. The molecule has 1 aromatic rings. The van der Waals surface area contributed by atoms with Crippen LogP contribution in [-0.2, 0) is 4.74 Å². The average Bonchev–Trinajstić information content (AvgIpc) is 2.97. The number of ether oxygens (including phenoxy) is 1. The fraction of sp³-hybridized carbons (Fsp3) is 0.600. The highest BCUT2D eigenvalue weighted by molar-refractivity contribution is 5.87. The minimum atomic E-state index is -2.66. The molecule has 1 fully saturated rings. The first-order valence-electron chi connectivity index (χ1n) is 5.18. The van der Waals surface area contributed by atoms with Crippen LogP contribution in [0.4, 0.5) is 8.78 Å². The number of alkyl halides is 2. The quantitative estimate of drug-likeness (QED) is 0.745. The summed E-state index contributed by atoms with van der Waals surface area (Å²) in [5.41, 5.74) is -0.241. The van der Waals surface area contributed by atoms with Crippen molar-refractivity contribution in [3.63, 3.8) is 0 Å². The number of aromatic nitrogens is 2. The van der Waals surface area contributed by atoms with Crippen molar-refractivity contribution in [2.24, 2.45) is 0 Å². The molecular formula is C10H12F2N2O2. The normalized spacial score (nSPS) is 15.5. The molecule has 0 spiro atoms. The SMILES string of the molecule is CCOC(=O)c1cc(C(F)F)nn1C1CC1. The second kappa shape index (κ2) is 4.19. The number of halogens is 2. The van der Waals surface area contributed by atoms with E-state index in [4.69, 9.17) is 4.74 Å². The molecule has 0 radical (unpaired) electrons. The van der Waals surface area contributed by atoms with E-state index in [1.807, 2.05) is 0 Å². The van der Waals surface area contributed by atoms with Gasteiger partial charge < -0.3 is 4.74 Å². The van der Waals surface area contributed by atoms with Crippen LogP contribution in [0.5, 0.6) is 0 Å². The minimum Gasteiger partial charge on any atom is -0.461 e. The topological polar surface area (TPSA) is 44.1 Å². The van der Waals surface area contributed by atoms with Gasteiger partial charge in [-0.1, -0.05) is 0 Å². The van der Waals surface area contributed by atoms with Gasteiger partial charge in [0.2, 0.25) is 0 Å². The second-order valence-electron chi connectivity index (χ2n) is 3.65. The summed E-state index contributed by atoms with van der Waals surface area (Å²) in [6.07, 6.45) is -0.916. The maximum absolute atomic E-state index is 12.5. The minimum absolute atomic E-state index is 0.0758. The van der Waals surface area contributed by atoms with Crippen LogP contribution in [0.15, 0.2) is 6.07 Å². The molecule has 1 saturated carbocycles. The van der Waals surface area contributed by atoms with Gasteiger partial charge in [-0.05, 0) is 19.8 Å². The van der Waals surface area contributed by atoms with Crippen LogP contribution in [0.2, 0.25) is 0 Å². The van der Waals surface area contributed by atoms with Crippen LogP contribution in [0.1, 0.15) is 48.4 Å². The molecule has 16 heavy (non-hydrogen) atoms. The van der Waals surface area contributed by atoms with Gasteiger partial charge in [-0.15, -0.1) is 0 Å². The molecule has 88 valence electrons. The molecule has 6 heteroatoms. The molecule has 0 saturated heterocycles. The van der Waals surface area contributed by atoms with Crippen molar-refractivity contribution in [2.75, 3.05) is 6.61 Å². The van der Waals surface area contributed by atoms with Gasteiger partial charge in [-0.2, -0.15) is 5.10 Å². The fourth-order valence-electron chi connectivity index (χ4n) is 1.47. The maximum atomic E-state index is 12.5. The van der Waals surface area contributed by atoms with E-state index in [1.54, 1.807) is 6.92 Å². The van der Waals surface area contributed by atoms with E-state index in [0.717, 1.165) is 18.9 Å². The summed E-state index contributed by atoms with van der Waals surface area (Å²) in [7, 11) is 0. The Labute approximate surface area is 91.2 Å². The Balaban J connectivity index is 2.30. The molecule has 0 amide bonds. The van der Waals surface area contributed by atoms with E-state index < -0.39 is 12.4 Å². The fourth-order valence-corrected chi connectivity index (χ4v) is 1.47. The van der Waals surface area contributed by atoms with Crippen LogP contribution in [0.25, 0.3) is 0 Å². The van der Waals surface area contributed by atoms with Crippen molar-refractivity contribution in [3.8, 4) is 0 Å². The van der Waals surface area contributed by atoms with E-state index in [1.165, 1.54) is 4.68 Å². The van der Waals surface area contributed by atoms with Gasteiger partial charge in [0.15, 0.2) is 0 Å². The van der Waals surface area contributed by atoms with Crippen LogP contribution >= 0.6 is 0 Å². The van der Waals surface area contributed by atoms with Gasteiger partial charge in [-0.25, -0.2) is 13.6 Å². The number of hydrogen-bond acceptors (Lipinski definition) is 3. The summed E-state index contributed by atoms with van der Waals surface area (Å²) < 4.78 is 31.1. The third-order valence-electron chi connectivity index (χ3n) is 2.36. The molecule has 1 aliphatic carbocycles. The number of hydrogen-bond donors (Lipinski definition) is 0. The molecule has 0 unspecified atom stereocenters. The van der Waals surface area contributed by atoms with E-state index >= 15 is 0 Å². The van der Waals surface area contributed by atoms with Crippen molar-refractivity contribution in [3.05, 3.63) is 17.5 Å². The number of esters is 1. The Hall–Kier alpha value is -1.46. The standard InChI is InChI=1S/C10H12F2N2O2/c1-2-16-10(15)8-5-7(9(11)12)13-14(8)6-3-4-6/h5-6,9H,2-4H2,1H3. The highest BCUT2D eigenvalue weighted by Crippen LogP contribution is 2.36. The Morgan fingerprint density at radius 3 is 2.88 bits per heavy atom. The molecule has 1 heterocycles. The van der Waals surface area contributed by atoms with Gasteiger partial charge in [0.25, 0.3) is 6.43 Å². The predicted molar refractivity (Wildman–Crippen MR) is 51.4 cm³/mol. The number of nitrogens with zero attached hydrogens (tertiary/aromatic N) is 2. The zero-order valence-corrected chi connectivity index (χ0v) is 8.82. The van der Waals surface area contributed by atoms with Crippen molar-refractivity contribution < 1.29 is 18.3 Å². The molecule has 2 rings (SSSR count). The molecule has 1 aliphatic rings. The lowest BCUT2D eigenvalue weighted by Crippen LogP contribution is -2.12. The lowest BCUT2D eigenvalue weighted by Gasteiger charge is -2.04. The molecule has 4 nitrogen and oxygen atoms in total. The van der Waals surface area contributed by atoms with Crippen LogP contribution in [0, 0.1) is 0 Å². The molecule has 0 atom stereocenters.